The summed E-state index contributed by atoms with van der Waals surface area (Å²) in [4.78, 5) is 28.2. The van der Waals surface area contributed by atoms with Gasteiger partial charge in [0.2, 0.25) is 0 Å². The number of rotatable bonds is 14. The van der Waals surface area contributed by atoms with Gasteiger partial charge in [-0.15, -0.1) is 6.42 Å². The van der Waals surface area contributed by atoms with E-state index in [9.17, 15) is 18.0 Å². The van der Waals surface area contributed by atoms with Gasteiger partial charge in [0, 0.05) is 16.7 Å². The van der Waals surface area contributed by atoms with Gasteiger partial charge in [-0.2, -0.15) is 13.2 Å². The molecule has 0 radical (unpaired) electrons. The van der Waals surface area contributed by atoms with Crippen molar-refractivity contribution in [2.45, 2.75) is 33.2 Å². The Labute approximate surface area is 252 Å². The van der Waals surface area contributed by atoms with Gasteiger partial charge in [-0.3, -0.25) is 0 Å². The number of carbonyl (C=O) groups is 1. The second kappa shape index (κ2) is 16.4. The lowest BCUT2D eigenvalue weighted by Gasteiger charge is -2.11. The molecule has 230 valence electrons. The van der Waals surface area contributed by atoms with Crippen LogP contribution in [0.15, 0.2) is 88.3 Å². The van der Waals surface area contributed by atoms with Gasteiger partial charge < -0.3 is 24.0 Å². The number of halogens is 3. The first-order valence-corrected chi connectivity index (χ1v) is 13.2. The number of oxime groups is 3. The Hall–Kier alpha value is -5.31. The van der Waals surface area contributed by atoms with Crippen molar-refractivity contribution in [2.24, 2.45) is 15.5 Å². The van der Waals surface area contributed by atoms with Gasteiger partial charge in [0.05, 0.1) is 12.7 Å². The van der Waals surface area contributed by atoms with Crippen molar-refractivity contribution in [3.8, 4) is 18.1 Å². The highest BCUT2D eigenvalue weighted by Gasteiger charge is 2.30. The molecule has 0 fully saturated rings. The molecule has 0 aliphatic rings. The van der Waals surface area contributed by atoms with Crippen molar-refractivity contribution in [2.75, 3.05) is 20.3 Å². The van der Waals surface area contributed by atoms with E-state index in [2.05, 4.69) is 21.4 Å². The van der Waals surface area contributed by atoms with E-state index in [0.717, 1.165) is 12.1 Å². The molecule has 0 aliphatic heterocycles. The molecule has 0 bridgehead atoms. The number of benzene rings is 3. The highest BCUT2D eigenvalue weighted by molar-refractivity contribution is 6.47. The fourth-order valence-electron chi connectivity index (χ4n) is 3.72. The summed E-state index contributed by atoms with van der Waals surface area (Å²) in [5.41, 5.74) is 1.89. The van der Waals surface area contributed by atoms with Crippen LogP contribution >= 0.6 is 0 Å². The molecule has 0 saturated heterocycles. The fourth-order valence-corrected chi connectivity index (χ4v) is 3.72. The van der Waals surface area contributed by atoms with Gasteiger partial charge in [0.15, 0.2) is 12.3 Å². The number of hydrogen-bond acceptors (Lipinski definition) is 9. The van der Waals surface area contributed by atoms with Crippen LogP contribution in [0.25, 0.3) is 0 Å². The van der Waals surface area contributed by atoms with Crippen molar-refractivity contribution in [3.63, 3.8) is 0 Å². The van der Waals surface area contributed by atoms with Gasteiger partial charge in [-0.25, -0.2) is 4.79 Å². The summed E-state index contributed by atoms with van der Waals surface area (Å²) in [5.74, 6) is 2.08. The largest absolute Gasteiger partial charge is 0.489 e. The zero-order valence-electron chi connectivity index (χ0n) is 24.3. The van der Waals surface area contributed by atoms with Crippen molar-refractivity contribution in [1.29, 1.82) is 0 Å². The first-order chi connectivity index (χ1) is 21.2. The molecule has 9 nitrogen and oxygen atoms in total. The van der Waals surface area contributed by atoms with Crippen molar-refractivity contribution in [1.82, 2.24) is 0 Å². The van der Waals surface area contributed by atoms with E-state index in [0.29, 0.717) is 39.4 Å². The third-order valence-corrected chi connectivity index (χ3v) is 5.79. The number of ether oxygens (including phenoxy) is 2. The summed E-state index contributed by atoms with van der Waals surface area (Å²) >= 11 is 0. The summed E-state index contributed by atoms with van der Waals surface area (Å²) in [6.45, 7) is 3.47. The monoisotopic (exact) mass is 609 g/mol. The Bertz CT molecular complexity index is 1540. The van der Waals surface area contributed by atoms with E-state index in [4.69, 9.17) is 30.4 Å². The Morgan fingerprint density at radius 3 is 2.30 bits per heavy atom. The van der Waals surface area contributed by atoms with Crippen LogP contribution in [0.5, 0.6) is 5.75 Å². The summed E-state index contributed by atoms with van der Waals surface area (Å²) < 4.78 is 49.5. The molecule has 0 saturated carbocycles. The lowest BCUT2D eigenvalue weighted by Crippen LogP contribution is -2.19. The number of esters is 1. The molecule has 44 heavy (non-hydrogen) atoms. The van der Waals surface area contributed by atoms with Crippen molar-refractivity contribution < 1.29 is 42.0 Å². The normalized spacial score (nSPS) is 12.2. The molecular formula is C32H30F3N3O6. The lowest BCUT2D eigenvalue weighted by atomic mass is 10.0. The third-order valence-electron chi connectivity index (χ3n) is 5.79. The molecule has 0 atom stereocenters. The van der Waals surface area contributed by atoms with E-state index in [1.165, 1.54) is 13.2 Å². The minimum atomic E-state index is -4.44. The maximum atomic E-state index is 13.0. The number of hydrogen-bond donors (Lipinski definition) is 0. The molecular weight excluding hydrogens is 579 g/mol. The number of methoxy groups -OCH3 is 1. The predicted octanol–water partition coefficient (Wildman–Crippen LogP) is 6.14. The van der Waals surface area contributed by atoms with Crippen LogP contribution in [-0.4, -0.2) is 43.4 Å². The van der Waals surface area contributed by atoms with Gasteiger partial charge in [-0.05, 0) is 55.8 Å². The average molecular weight is 610 g/mol. The maximum Gasteiger partial charge on any atom is 0.416 e. The second-order valence-corrected chi connectivity index (χ2v) is 8.89. The molecule has 0 aromatic heterocycles. The van der Waals surface area contributed by atoms with Crippen LogP contribution in [0, 0.1) is 12.3 Å². The Morgan fingerprint density at radius 2 is 1.61 bits per heavy atom. The highest BCUT2D eigenvalue weighted by Crippen LogP contribution is 2.29. The molecule has 0 aliphatic carbocycles. The molecule has 0 spiro atoms. The Kier molecular flexibility index (Phi) is 12.3. The summed E-state index contributed by atoms with van der Waals surface area (Å²) in [6.07, 6.45) is 0.840. The molecule has 0 unspecified atom stereocenters. The fraction of sp³-hybridized carbons (Fsp3) is 0.250. The summed E-state index contributed by atoms with van der Waals surface area (Å²) in [7, 11) is 1.24. The smallest absolute Gasteiger partial charge is 0.416 e. The average Bonchev–Trinajstić information content (AvgIpc) is 3.03. The third kappa shape index (κ3) is 9.62. The first kappa shape index (κ1) is 33.2. The summed E-state index contributed by atoms with van der Waals surface area (Å²) in [5, 5.41) is 12.2. The minimum Gasteiger partial charge on any atom is -0.489 e. The van der Waals surface area contributed by atoms with Crippen molar-refractivity contribution in [3.05, 3.63) is 101 Å². The Balaban J connectivity index is 1.76. The van der Waals surface area contributed by atoms with Gasteiger partial charge in [0.1, 0.15) is 37.0 Å². The maximum absolute atomic E-state index is 13.0. The molecule has 0 amide bonds. The van der Waals surface area contributed by atoms with Crippen LogP contribution in [-0.2, 0) is 43.4 Å². The topological polar surface area (TPSA) is 100 Å². The van der Waals surface area contributed by atoms with Crippen LogP contribution < -0.4 is 4.74 Å². The van der Waals surface area contributed by atoms with Gasteiger partial charge in [-0.1, -0.05) is 57.8 Å². The zero-order valence-corrected chi connectivity index (χ0v) is 24.3. The van der Waals surface area contributed by atoms with E-state index in [-0.39, 0.29) is 32.1 Å². The second-order valence-electron chi connectivity index (χ2n) is 8.89. The standard InChI is InChI=1S/C32H30F3N3O6/c1-5-18-43-37-29(24-14-16-27(17-15-24)41-20-23-10-9-12-26(19-23)32(33,34)35)22(3)36-44-21-25-11-7-8-13-28(25)30(31(39)40-4)38-42-6-2/h1,7-17,19H,6,18,20-21H2,2-4H3. The quantitative estimate of drug-likeness (QED) is 0.0715. The molecule has 12 heteroatoms. The molecule has 0 N–H and O–H groups in total. The van der Waals surface area contributed by atoms with Crippen LogP contribution in [0.2, 0.25) is 0 Å². The Morgan fingerprint density at radius 1 is 0.886 bits per heavy atom. The van der Waals surface area contributed by atoms with Gasteiger partial charge >= 0.3 is 12.1 Å². The number of alkyl halides is 3. The number of carbonyl (C=O) groups excluding carboxylic acids is 1. The first-order valence-electron chi connectivity index (χ1n) is 13.2. The molecule has 3 aromatic rings. The molecule has 3 rings (SSSR count). The SMILES string of the molecule is C#CCON=C(C(C)=NOCc1ccccc1C(=NOCC)C(=O)OC)c1ccc(OCc2cccc(C(F)(F)F)c2)cc1. The van der Waals surface area contributed by atoms with Crippen molar-refractivity contribution >= 4 is 23.1 Å². The van der Waals surface area contributed by atoms with Gasteiger partial charge in [0.25, 0.3) is 0 Å². The molecule has 3 aromatic carbocycles. The predicted molar refractivity (Wildman–Crippen MR) is 158 cm³/mol. The van der Waals surface area contributed by atoms with Crippen LogP contribution in [0.1, 0.15) is 41.7 Å². The minimum absolute atomic E-state index is 0.0189. The van der Waals surface area contributed by atoms with E-state index in [1.54, 1.807) is 68.4 Å². The zero-order chi connectivity index (χ0) is 32.0. The van der Waals surface area contributed by atoms with E-state index < -0.39 is 17.7 Å². The lowest BCUT2D eigenvalue weighted by molar-refractivity contribution is -0.137. The number of nitrogens with zero attached hydrogens (tertiary/aromatic N) is 3. The van der Waals surface area contributed by atoms with E-state index in [1.807, 2.05) is 0 Å². The number of terminal acetylenes is 1. The van der Waals surface area contributed by atoms with Crippen LogP contribution in [0.4, 0.5) is 13.2 Å². The van der Waals surface area contributed by atoms with E-state index >= 15 is 0 Å². The molecule has 0 heterocycles. The highest BCUT2D eigenvalue weighted by atomic mass is 19.4. The van der Waals surface area contributed by atoms with Crippen LogP contribution in [0.3, 0.4) is 0 Å². The summed E-state index contributed by atoms with van der Waals surface area (Å²) in [6, 6.07) is 18.5.